The Morgan fingerprint density at radius 3 is 2.68 bits per heavy atom. The van der Waals surface area contributed by atoms with Gasteiger partial charge in [0.2, 0.25) is 0 Å². The Morgan fingerprint density at radius 2 is 2.05 bits per heavy atom. The van der Waals surface area contributed by atoms with Crippen LogP contribution in [0.4, 0.5) is 4.39 Å². The second kappa shape index (κ2) is 5.96. The number of hydrogen-bond acceptors (Lipinski definition) is 3. The van der Waals surface area contributed by atoms with Crippen LogP contribution in [0, 0.1) is 31.0 Å². The molecule has 2 aromatic rings. The number of nitrogens with zero attached hydrogens (tertiary/aromatic N) is 1. The highest BCUT2D eigenvalue weighted by Crippen LogP contribution is 2.20. The number of nitrogens with one attached hydrogen (secondary N) is 1. The van der Waals surface area contributed by atoms with Gasteiger partial charge in [-0.2, -0.15) is 5.26 Å². The van der Waals surface area contributed by atoms with Gasteiger partial charge in [-0.15, -0.1) is 11.3 Å². The van der Waals surface area contributed by atoms with E-state index in [2.05, 4.69) is 31.3 Å². The van der Waals surface area contributed by atoms with Crippen LogP contribution in [0.3, 0.4) is 0 Å². The van der Waals surface area contributed by atoms with E-state index in [1.807, 2.05) is 0 Å². The molecule has 0 unspecified atom stereocenters. The summed E-state index contributed by atoms with van der Waals surface area (Å²) in [4.78, 5) is 2.57. The SMILES string of the molecule is Cc1cc(CNCc2cc(F)ccc2C#N)sc1C. The number of thiophene rings is 1. The Labute approximate surface area is 116 Å². The molecule has 0 saturated heterocycles. The number of rotatable bonds is 4. The van der Waals surface area contributed by atoms with Gasteiger partial charge < -0.3 is 5.32 Å². The minimum Gasteiger partial charge on any atom is -0.308 e. The summed E-state index contributed by atoms with van der Waals surface area (Å²) in [7, 11) is 0. The van der Waals surface area contributed by atoms with Crippen molar-refractivity contribution < 1.29 is 4.39 Å². The van der Waals surface area contributed by atoms with Gasteiger partial charge >= 0.3 is 0 Å². The van der Waals surface area contributed by atoms with Gasteiger partial charge in [0.1, 0.15) is 5.82 Å². The molecule has 4 heteroatoms. The monoisotopic (exact) mass is 274 g/mol. The van der Waals surface area contributed by atoms with Crippen molar-refractivity contribution in [3.63, 3.8) is 0 Å². The van der Waals surface area contributed by atoms with E-state index in [4.69, 9.17) is 5.26 Å². The first kappa shape index (κ1) is 13.7. The summed E-state index contributed by atoms with van der Waals surface area (Å²) < 4.78 is 13.2. The van der Waals surface area contributed by atoms with Crippen LogP contribution < -0.4 is 5.32 Å². The average Bonchev–Trinajstić information content (AvgIpc) is 2.69. The topological polar surface area (TPSA) is 35.8 Å². The van der Waals surface area contributed by atoms with E-state index in [-0.39, 0.29) is 5.82 Å². The Morgan fingerprint density at radius 1 is 1.26 bits per heavy atom. The number of halogens is 1. The second-order valence-electron chi connectivity index (χ2n) is 4.47. The molecule has 0 spiro atoms. The van der Waals surface area contributed by atoms with E-state index in [9.17, 15) is 4.39 Å². The zero-order chi connectivity index (χ0) is 13.8. The Hall–Kier alpha value is -1.70. The molecule has 0 aliphatic rings. The molecule has 0 amide bonds. The highest BCUT2D eigenvalue weighted by Gasteiger charge is 2.05. The van der Waals surface area contributed by atoms with Crippen LogP contribution in [-0.2, 0) is 13.1 Å². The number of aryl methyl sites for hydroxylation is 2. The predicted octanol–water partition coefficient (Wildman–Crippen LogP) is 3.67. The van der Waals surface area contributed by atoms with Crippen molar-refractivity contribution in [3.8, 4) is 6.07 Å². The largest absolute Gasteiger partial charge is 0.308 e. The Bertz CT molecular complexity index is 606. The molecule has 0 atom stereocenters. The first-order chi connectivity index (χ1) is 9.10. The molecule has 1 aromatic heterocycles. The smallest absolute Gasteiger partial charge is 0.123 e. The lowest BCUT2D eigenvalue weighted by atomic mass is 10.1. The molecular weight excluding hydrogens is 259 g/mol. The number of hydrogen-bond donors (Lipinski definition) is 1. The zero-order valence-electron chi connectivity index (χ0n) is 11.0. The van der Waals surface area contributed by atoms with Gasteiger partial charge in [0.15, 0.2) is 0 Å². The van der Waals surface area contributed by atoms with Crippen molar-refractivity contribution >= 4 is 11.3 Å². The lowest BCUT2D eigenvalue weighted by Crippen LogP contribution is -2.13. The third kappa shape index (κ3) is 3.40. The molecular formula is C15H15FN2S. The second-order valence-corrected chi connectivity index (χ2v) is 5.81. The quantitative estimate of drug-likeness (QED) is 0.923. The summed E-state index contributed by atoms with van der Waals surface area (Å²) in [5.74, 6) is -0.307. The molecule has 98 valence electrons. The van der Waals surface area contributed by atoms with Gasteiger partial charge in [0.05, 0.1) is 11.6 Å². The maximum atomic E-state index is 13.2. The number of nitriles is 1. The van der Waals surface area contributed by atoms with Crippen molar-refractivity contribution in [2.45, 2.75) is 26.9 Å². The lowest BCUT2D eigenvalue weighted by molar-refractivity contribution is 0.620. The summed E-state index contributed by atoms with van der Waals surface area (Å²) in [6.07, 6.45) is 0. The van der Waals surface area contributed by atoms with Crippen LogP contribution >= 0.6 is 11.3 Å². The molecule has 19 heavy (non-hydrogen) atoms. The van der Waals surface area contributed by atoms with E-state index < -0.39 is 0 Å². The molecule has 0 saturated carbocycles. The molecule has 0 radical (unpaired) electrons. The minimum atomic E-state index is -0.307. The molecule has 0 bridgehead atoms. The van der Waals surface area contributed by atoms with Crippen molar-refractivity contribution in [3.05, 3.63) is 56.5 Å². The summed E-state index contributed by atoms with van der Waals surface area (Å²) in [6, 6.07) is 8.48. The Balaban J connectivity index is 1.99. The van der Waals surface area contributed by atoms with E-state index in [0.717, 1.165) is 6.54 Å². The van der Waals surface area contributed by atoms with Gasteiger partial charge in [-0.3, -0.25) is 0 Å². The molecule has 0 aliphatic heterocycles. The van der Waals surface area contributed by atoms with E-state index in [0.29, 0.717) is 17.7 Å². The van der Waals surface area contributed by atoms with Crippen molar-refractivity contribution in [2.24, 2.45) is 0 Å². The molecule has 2 nitrogen and oxygen atoms in total. The maximum absolute atomic E-state index is 13.2. The fourth-order valence-electron chi connectivity index (χ4n) is 1.87. The average molecular weight is 274 g/mol. The van der Waals surface area contributed by atoms with Gasteiger partial charge in [-0.25, -0.2) is 4.39 Å². The number of benzene rings is 1. The van der Waals surface area contributed by atoms with Crippen LogP contribution in [0.15, 0.2) is 24.3 Å². The van der Waals surface area contributed by atoms with Gasteiger partial charge in [-0.1, -0.05) is 0 Å². The normalized spacial score (nSPS) is 10.4. The Kier molecular flexibility index (Phi) is 4.31. The van der Waals surface area contributed by atoms with Crippen LogP contribution in [0.25, 0.3) is 0 Å². The molecule has 0 aliphatic carbocycles. The first-order valence-electron chi connectivity index (χ1n) is 6.05. The highest BCUT2D eigenvalue weighted by atomic mass is 32.1. The molecule has 2 rings (SSSR count). The van der Waals surface area contributed by atoms with Crippen LogP contribution in [-0.4, -0.2) is 0 Å². The summed E-state index contributed by atoms with van der Waals surface area (Å²) >= 11 is 1.76. The van der Waals surface area contributed by atoms with Crippen molar-refractivity contribution in [2.75, 3.05) is 0 Å². The van der Waals surface area contributed by atoms with E-state index >= 15 is 0 Å². The molecule has 1 heterocycles. The van der Waals surface area contributed by atoms with Gasteiger partial charge in [-0.05, 0) is 49.2 Å². The molecule has 1 aromatic carbocycles. The fraction of sp³-hybridized carbons (Fsp3) is 0.267. The summed E-state index contributed by atoms with van der Waals surface area (Å²) in [5.41, 5.74) is 2.52. The fourth-order valence-corrected chi connectivity index (χ4v) is 2.90. The third-order valence-corrected chi connectivity index (χ3v) is 4.17. The summed E-state index contributed by atoms with van der Waals surface area (Å²) in [6.45, 7) is 5.43. The van der Waals surface area contributed by atoms with Crippen molar-refractivity contribution in [1.82, 2.24) is 5.32 Å². The minimum absolute atomic E-state index is 0.307. The van der Waals surface area contributed by atoms with Gasteiger partial charge in [0.25, 0.3) is 0 Å². The van der Waals surface area contributed by atoms with Gasteiger partial charge in [0, 0.05) is 22.8 Å². The van der Waals surface area contributed by atoms with E-state index in [1.54, 1.807) is 11.3 Å². The lowest BCUT2D eigenvalue weighted by Gasteiger charge is -2.05. The standard InChI is InChI=1S/C15H15FN2S/c1-10-5-15(19-11(10)2)9-18-8-13-6-14(16)4-3-12(13)7-17/h3-6,18H,8-9H2,1-2H3. The summed E-state index contributed by atoms with van der Waals surface area (Å²) in [5, 5.41) is 12.2. The third-order valence-electron chi connectivity index (χ3n) is 3.02. The predicted molar refractivity (Wildman–Crippen MR) is 75.5 cm³/mol. The highest BCUT2D eigenvalue weighted by molar-refractivity contribution is 7.12. The van der Waals surface area contributed by atoms with Crippen molar-refractivity contribution in [1.29, 1.82) is 5.26 Å². The molecule has 0 fully saturated rings. The first-order valence-corrected chi connectivity index (χ1v) is 6.87. The van der Waals surface area contributed by atoms with Crippen LogP contribution in [0.2, 0.25) is 0 Å². The maximum Gasteiger partial charge on any atom is 0.123 e. The molecule has 1 N–H and O–H groups in total. The van der Waals surface area contributed by atoms with E-state index in [1.165, 1.54) is 33.5 Å². The van der Waals surface area contributed by atoms with Crippen LogP contribution in [0.1, 0.15) is 26.4 Å². The van der Waals surface area contributed by atoms with Crippen LogP contribution in [0.5, 0.6) is 0 Å². The zero-order valence-corrected chi connectivity index (χ0v) is 11.8.